The summed E-state index contributed by atoms with van der Waals surface area (Å²) in [4.78, 5) is 58.3. The molecular formula is C24H21N5O6. The number of aromatic nitrogens is 3. The zero-order valence-electron chi connectivity index (χ0n) is 18.3. The highest BCUT2D eigenvalue weighted by molar-refractivity contribution is 6.08. The average molecular weight is 475 g/mol. The average Bonchev–Trinajstić information content (AvgIpc) is 3.24. The van der Waals surface area contributed by atoms with E-state index in [2.05, 4.69) is 15.0 Å². The quantitative estimate of drug-likeness (QED) is 0.256. The number of nitrogens with one attached hydrogen (secondary N) is 2. The molecule has 0 aliphatic carbocycles. The highest BCUT2D eigenvalue weighted by Gasteiger charge is 2.21. The van der Waals surface area contributed by atoms with Crippen LogP contribution < -0.4 is 16.2 Å². The minimum Gasteiger partial charge on any atom is -0.480 e. The third-order valence-corrected chi connectivity index (χ3v) is 5.49. The molecule has 0 atom stereocenters. The van der Waals surface area contributed by atoms with E-state index in [-0.39, 0.29) is 28.3 Å². The number of aromatic carboxylic acids is 1. The maximum absolute atomic E-state index is 13.1. The largest absolute Gasteiger partial charge is 0.480 e. The van der Waals surface area contributed by atoms with Crippen LogP contribution >= 0.6 is 0 Å². The number of amides is 1. The Balaban J connectivity index is 1.50. The van der Waals surface area contributed by atoms with Crippen molar-refractivity contribution >= 4 is 40.5 Å². The molecule has 1 amide bonds. The van der Waals surface area contributed by atoms with Crippen LogP contribution in [0.5, 0.6) is 0 Å². The van der Waals surface area contributed by atoms with Crippen molar-refractivity contribution in [3.63, 3.8) is 0 Å². The zero-order chi connectivity index (χ0) is 25.1. The lowest BCUT2D eigenvalue weighted by Crippen LogP contribution is -2.35. The molecule has 0 spiro atoms. The van der Waals surface area contributed by atoms with Crippen LogP contribution in [0, 0.1) is 0 Å². The van der Waals surface area contributed by atoms with E-state index in [0.29, 0.717) is 23.9 Å². The molecule has 2 aromatic carbocycles. The van der Waals surface area contributed by atoms with Crippen LogP contribution in [0.3, 0.4) is 0 Å². The molecule has 6 N–H and O–H groups in total. The van der Waals surface area contributed by atoms with Crippen molar-refractivity contribution in [2.45, 2.75) is 12.8 Å². The summed E-state index contributed by atoms with van der Waals surface area (Å²) < 4.78 is 0. The molecular weight excluding hydrogens is 454 g/mol. The number of aryl methyl sites for hydroxylation is 2. The van der Waals surface area contributed by atoms with Crippen LogP contribution in [-0.2, 0) is 17.6 Å². The lowest BCUT2D eigenvalue weighted by molar-refractivity contribution is -0.135. The molecule has 11 nitrogen and oxygen atoms in total. The van der Waals surface area contributed by atoms with Crippen molar-refractivity contribution in [2.24, 2.45) is 0 Å². The molecule has 11 heteroatoms. The molecule has 4 rings (SSSR count). The standard InChI is InChI=1S/C24H21N5O6/c25-24-27-20-19(21(32)28-24)16(11-26-20)6-3-13-1-4-14(5-2-13)22(33)29(12-18(30)31)17-9-7-15(8-10-17)23(34)35/h1-2,4-5,7-11H,3,6,12H2,(H,30,31)(H,34,35)(H4,25,26,27,28,32). The molecule has 0 aliphatic heterocycles. The van der Waals surface area contributed by atoms with Crippen molar-refractivity contribution in [2.75, 3.05) is 17.2 Å². The van der Waals surface area contributed by atoms with Gasteiger partial charge in [0.25, 0.3) is 11.5 Å². The summed E-state index contributed by atoms with van der Waals surface area (Å²) in [7, 11) is 0. The number of hydrogen-bond acceptors (Lipinski definition) is 6. The van der Waals surface area contributed by atoms with Gasteiger partial charge in [0.05, 0.1) is 10.9 Å². The molecule has 0 radical (unpaired) electrons. The highest BCUT2D eigenvalue weighted by atomic mass is 16.4. The molecule has 0 fully saturated rings. The summed E-state index contributed by atoms with van der Waals surface area (Å²) in [6, 6.07) is 12.1. The number of nitrogens with zero attached hydrogens (tertiary/aromatic N) is 2. The Morgan fingerprint density at radius 1 is 0.943 bits per heavy atom. The minimum atomic E-state index is -1.21. The van der Waals surface area contributed by atoms with E-state index in [1.54, 1.807) is 30.5 Å². The number of carboxylic acid groups (broad SMARTS) is 2. The van der Waals surface area contributed by atoms with Crippen molar-refractivity contribution in [3.8, 4) is 0 Å². The number of fused-ring (bicyclic) bond motifs is 1. The second-order valence-electron chi connectivity index (χ2n) is 7.82. The number of anilines is 2. The summed E-state index contributed by atoms with van der Waals surface area (Å²) in [6.07, 6.45) is 2.84. The van der Waals surface area contributed by atoms with Crippen molar-refractivity contribution < 1.29 is 24.6 Å². The van der Waals surface area contributed by atoms with E-state index in [1.165, 1.54) is 24.3 Å². The minimum absolute atomic E-state index is 0.0252. The lowest BCUT2D eigenvalue weighted by Gasteiger charge is -2.21. The first-order valence-electron chi connectivity index (χ1n) is 10.5. The van der Waals surface area contributed by atoms with Gasteiger partial charge in [-0.25, -0.2) is 4.79 Å². The fourth-order valence-corrected chi connectivity index (χ4v) is 3.77. The first-order chi connectivity index (χ1) is 16.7. The van der Waals surface area contributed by atoms with Gasteiger partial charge in [-0.3, -0.25) is 24.3 Å². The number of hydrogen-bond donors (Lipinski definition) is 5. The smallest absolute Gasteiger partial charge is 0.335 e. The van der Waals surface area contributed by atoms with Crippen LogP contribution in [0.1, 0.15) is 31.8 Å². The van der Waals surface area contributed by atoms with E-state index in [0.717, 1.165) is 16.0 Å². The predicted molar refractivity (Wildman–Crippen MR) is 128 cm³/mol. The molecule has 178 valence electrons. The zero-order valence-corrected chi connectivity index (χ0v) is 18.3. The van der Waals surface area contributed by atoms with Gasteiger partial charge < -0.3 is 20.9 Å². The Bertz CT molecular complexity index is 1470. The number of H-pyrrole nitrogens is 2. The van der Waals surface area contributed by atoms with Gasteiger partial charge in [-0.2, -0.15) is 4.98 Å². The van der Waals surface area contributed by atoms with Crippen molar-refractivity contribution in [3.05, 3.63) is 87.3 Å². The Morgan fingerprint density at radius 3 is 2.23 bits per heavy atom. The number of carbonyl (C=O) groups excluding carboxylic acids is 1. The molecule has 0 saturated heterocycles. The van der Waals surface area contributed by atoms with Crippen LogP contribution in [0.4, 0.5) is 11.6 Å². The van der Waals surface area contributed by atoms with Crippen LogP contribution in [0.15, 0.2) is 59.5 Å². The van der Waals surface area contributed by atoms with Gasteiger partial charge in [0, 0.05) is 17.4 Å². The first kappa shape index (κ1) is 23.2. The predicted octanol–water partition coefficient (Wildman–Crippen LogP) is 2.05. The summed E-state index contributed by atoms with van der Waals surface area (Å²) in [5, 5.41) is 18.8. The summed E-state index contributed by atoms with van der Waals surface area (Å²) in [6.45, 7) is -0.583. The third kappa shape index (κ3) is 5.03. The maximum atomic E-state index is 13.1. The maximum Gasteiger partial charge on any atom is 0.335 e. The van der Waals surface area contributed by atoms with Gasteiger partial charge in [-0.15, -0.1) is 0 Å². The van der Waals surface area contributed by atoms with Gasteiger partial charge in [0.2, 0.25) is 5.95 Å². The summed E-state index contributed by atoms with van der Waals surface area (Å²) in [5.74, 6) is -2.83. The van der Waals surface area contributed by atoms with Gasteiger partial charge in [-0.05, 0) is 60.4 Å². The number of carbonyl (C=O) groups is 3. The number of nitrogen functional groups attached to an aromatic ring is 1. The third-order valence-electron chi connectivity index (χ3n) is 5.49. The van der Waals surface area contributed by atoms with Crippen molar-refractivity contribution in [1.82, 2.24) is 15.0 Å². The van der Waals surface area contributed by atoms with E-state index in [4.69, 9.17) is 10.8 Å². The van der Waals surface area contributed by atoms with Gasteiger partial charge in [-0.1, -0.05) is 12.1 Å². The normalized spacial score (nSPS) is 10.9. The second kappa shape index (κ2) is 9.51. The molecule has 2 heterocycles. The topological polar surface area (TPSA) is 182 Å². The molecule has 0 bridgehead atoms. The number of nitrogens with two attached hydrogens (primary N) is 1. The van der Waals surface area contributed by atoms with E-state index < -0.39 is 24.4 Å². The number of aromatic amines is 2. The molecule has 0 saturated carbocycles. The number of aliphatic carboxylic acids is 1. The van der Waals surface area contributed by atoms with Gasteiger partial charge in [0.1, 0.15) is 12.2 Å². The van der Waals surface area contributed by atoms with Crippen LogP contribution in [0.25, 0.3) is 11.0 Å². The first-order valence-corrected chi connectivity index (χ1v) is 10.5. The Kier molecular flexibility index (Phi) is 6.32. The molecule has 35 heavy (non-hydrogen) atoms. The van der Waals surface area contributed by atoms with Gasteiger partial charge >= 0.3 is 11.9 Å². The highest BCUT2D eigenvalue weighted by Crippen LogP contribution is 2.20. The Labute approximate surface area is 197 Å². The monoisotopic (exact) mass is 475 g/mol. The number of benzene rings is 2. The second-order valence-corrected chi connectivity index (χ2v) is 7.82. The Hall–Kier alpha value is -4.93. The van der Waals surface area contributed by atoms with E-state index in [9.17, 15) is 24.3 Å². The van der Waals surface area contributed by atoms with E-state index in [1.807, 2.05) is 0 Å². The molecule has 4 aromatic rings. The Morgan fingerprint density at radius 2 is 1.60 bits per heavy atom. The molecule has 2 aromatic heterocycles. The van der Waals surface area contributed by atoms with Crippen LogP contribution in [0.2, 0.25) is 0 Å². The fraction of sp³-hybridized carbons (Fsp3) is 0.125. The molecule has 0 unspecified atom stereocenters. The number of rotatable bonds is 8. The van der Waals surface area contributed by atoms with Crippen LogP contribution in [-0.4, -0.2) is 49.6 Å². The molecule has 0 aliphatic rings. The fourth-order valence-electron chi connectivity index (χ4n) is 3.77. The van der Waals surface area contributed by atoms with E-state index >= 15 is 0 Å². The SMILES string of the molecule is Nc1nc2[nH]cc(CCc3ccc(C(=O)N(CC(=O)O)c4ccc(C(=O)O)cc4)cc3)c2c(=O)[nH]1. The summed E-state index contributed by atoms with van der Waals surface area (Å²) >= 11 is 0. The van der Waals surface area contributed by atoms with Crippen molar-refractivity contribution in [1.29, 1.82) is 0 Å². The lowest BCUT2D eigenvalue weighted by atomic mass is 10.0. The summed E-state index contributed by atoms with van der Waals surface area (Å²) in [5.41, 5.74) is 7.93. The van der Waals surface area contributed by atoms with Gasteiger partial charge in [0.15, 0.2) is 0 Å². The number of carboxylic acids is 2.